The second-order valence-corrected chi connectivity index (χ2v) is 10.9. The Hall–Kier alpha value is -0.0900. The molecule has 3 nitrogen and oxygen atoms in total. The summed E-state index contributed by atoms with van der Waals surface area (Å²) in [4.78, 5) is 0. The average Bonchev–Trinajstić information content (AvgIpc) is 2.45. The topological polar surface area (TPSA) is 37.4 Å². The Morgan fingerprint density at radius 1 is 0.870 bits per heavy atom. The predicted octanol–water partition coefficient (Wildman–Crippen LogP) is 5.46. The van der Waals surface area contributed by atoms with Gasteiger partial charge in [-0.1, -0.05) is 55.4 Å². The molecule has 0 aromatic heterocycles. The Labute approximate surface area is 146 Å². The van der Waals surface area contributed by atoms with Crippen LogP contribution in [-0.2, 0) is 10.0 Å². The fourth-order valence-corrected chi connectivity index (χ4v) is 6.94. The molecular weight excluding hydrogens is 306 g/mol. The summed E-state index contributed by atoms with van der Waals surface area (Å²) in [6.07, 6.45) is 3.95. The third-order valence-corrected chi connectivity index (χ3v) is 9.38. The van der Waals surface area contributed by atoms with E-state index < -0.39 is 14.8 Å². The zero-order valence-electron chi connectivity index (χ0n) is 17.3. The first-order valence-corrected chi connectivity index (χ1v) is 10.7. The summed E-state index contributed by atoms with van der Waals surface area (Å²) in [5.74, 6) is 0. The molecule has 1 atom stereocenters. The predicted molar refractivity (Wildman–Crippen MR) is 102 cm³/mol. The van der Waals surface area contributed by atoms with Crippen molar-refractivity contribution in [1.29, 1.82) is 0 Å². The molecule has 0 saturated carbocycles. The van der Waals surface area contributed by atoms with Gasteiger partial charge in [0.05, 0.1) is 4.75 Å². The number of hydrogen-bond acceptors (Lipinski definition) is 2. The molecule has 0 aromatic carbocycles. The van der Waals surface area contributed by atoms with Crippen LogP contribution in [0.1, 0.15) is 94.4 Å². The number of sulfonamides is 1. The highest BCUT2D eigenvalue weighted by Gasteiger charge is 2.55. The van der Waals surface area contributed by atoms with Crippen molar-refractivity contribution >= 4 is 10.0 Å². The van der Waals surface area contributed by atoms with E-state index >= 15 is 0 Å². The van der Waals surface area contributed by atoms with E-state index in [2.05, 4.69) is 41.5 Å². The molecule has 0 fully saturated rings. The van der Waals surface area contributed by atoms with E-state index in [9.17, 15) is 8.42 Å². The lowest BCUT2D eigenvalue weighted by atomic mass is 9.69. The molecule has 0 N–H and O–H groups in total. The first-order chi connectivity index (χ1) is 10.3. The fourth-order valence-electron chi connectivity index (χ4n) is 4.20. The first-order valence-electron chi connectivity index (χ1n) is 9.26. The highest BCUT2D eigenvalue weighted by atomic mass is 32.2. The summed E-state index contributed by atoms with van der Waals surface area (Å²) in [5.41, 5.74) is -0.0891. The summed E-state index contributed by atoms with van der Waals surface area (Å²) in [6, 6.07) is 0.00966. The molecule has 0 saturated heterocycles. The minimum atomic E-state index is -3.38. The maximum Gasteiger partial charge on any atom is 0.220 e. The zero-order chi connectivity index (χ0) is 18.7. The van der Waals surface area contributed by atoms with Crippen LogP contribution in [0, 0.1) is 10.8 Å². The molecule has 0 aromatic rings. The van der Waals surface area contributed by atoms with Crippen molar-refractivity contribution in [2.75, 3.05) is 7.05 Å². The largest absolute Gasteiger partial charge is 0.220 e. The second-order valence-electron chi connectivity index (χ2n) is 8.60. The Morgan fingerprint density at radius 2 is 1.26 bits per heavy atom. The van der Waals surface area contributed by atoms with E-state index in [-0.39, 0.29) is 16.9 Å². The van der Waals surface area contributed by atoms with Crippen LogP contribution in [-0.4, -0.2) is 30.6 Å². The van der Waals surface area contributed by atoms with Gasteiger partial charge < -0.3 is 0 Å². The van der Waals surface area contributed by atoms with Gasteiger partial charge in [0.25, 0.3) is 0 Å². The van der Waals surface area contributed by atoms with Gasteiger partial charge in [-0.25, -0.2) is 12.7 Å². The van der Waals surface area contributed by atoms with Gasteiger partial charge in [-0.2, -0.15) is 0 Å². The zero-order valence-corrected chi connectivity index (χ0v) is 18.1. The van der Waals surface area contributed by atoms with Gasteiger partial charge >= 0.3 is 0 Å². The average molecular weight is 348 g/mol. The third kappa shape index (κ3) is 4.31. The molecule has 23 heavy (non-hydrogen) atoms. The minimum absolute atomic E-state index is 0.00966. The van der Waals surface area contributed by atoms with Gasteiger partial charge in [-0.3, -0.25) is 0 Å². The smallest absolute Gasteiger partial charge is 0.212 e. The van der Waals surface area contributed by atoms with Crippen molar-refractivity contribution in [1.82, 2.24) is 4.31 Å². The summed E-state index contributed by atoms with van der Waals surface area (Å²) in [5, 5.41) is 0. The lowest BCUT2D eigenvalue weighted by Crippen LogP contribution is -2.57. The maximum absolute atomic E-state index is 13.6. The Morgan fingerprint density at radius 3 is 1.52 bits per heavy atom. The van der Waals surface area contributed by atoms with E-state index in [0.29, 0.717) is 12.8 Å². The highest BCUT2D eigenvalue weighted by Crippen LogP contribution is 2.49. The van der Waals surface area contributed by atoms with E-state index in [1.807, 2.05) is 20.8 Å². The normalized spacial score (nSPS) is 16.0. The molecule has 0 aliphatic carbocycles. The van der Waals surface area contributed by atoms with Gasteiger partial charge in [0.1, 0.15) is 0 Å². The molecule has 1 unspecified atom stereocenters. The number of hydrogen-bond donors (Lipinski definition) is 0. The summed E-state index contributed by atoms with van der Waals surface area (Å²) >= 11 is 0. The molecule has 0 rings (SSSR count). The molecule has 140 valence electrons. The molecule has 0 amide bonds. The summed E-state index contributed by atoms with van der Waals surface area (Å²) < 4.78 is 28.2. The quantitative estimate of drug-likeness (QED) is 0.555. The van der Waals surface area contributed by atoms with Crippen molar-refractivity contribution in [3.05, 3.63) is 0 Å². The molecular formula is C19H41NO2S. The van der Waals surface area contributed by atoms with Crippen LogP contribution < -0.4 is 0 Å². The lowest BCUT2D eigenvalue weighted by molar-refractivity contribution is 0.166. The Balaban J connectivity index is 5.98. The lowest BCUT2D eigenvalue weighted by Gasteiger charge is -2.49. The van der Waals surface area contributed by atoms with E-state index in [1.54, 1.807) is 11.4 Å². The van der Waals surface area contributed by atoms with Gasteiger partial charge in [0.15, 0.2) is 0 Å². The molecule has 0 spiro atoms. The first kappa shape index (κ1) is 22.9. The van der Waals surface area contributed by atoms with Crippen molar-refractivity contribution in [3.63, 3.8) is 0 Å². The van der Waals surface area contributed by atoms with E-state index in [0.717, 1.165) is 19.3 Å². The molecule has 0 radical (unpaired) electrons. The fraction of sp³-hybridized carbons (Fsp3) is 1.00. The van der Waals surface area contributed by atoms with Gasteiger partial charge in [-0.15, -0.1) is 0 Å². The highest BCUT2D eigenvalue weighted by molar-refractivity contribution is 7.90. The molecule has 0 bridgehead atoms. The Kier molecular flexibility index (Phi) is 7.83. The van der Waals surface area contributed by atoms with Crippen LogP contribution in [0.4, 0.5) is 0 Å². The van der Waals surface area contributed by atoms with Crippen molar-refractivity contribution in [2.45, 2.75) is 105 Å². The van der Waals surface area contributed by atoms with Crippen LogP contribution in [0.15, 0.2) is 0 Å². The molecule has 0 aliphatic heterocycles. The summed E-state index contributed by atoms with van der Waals surface area (Å²) in [6.45, 7) is 19.0. The van der Waals surface area contributed by atoms with Crippen LogP contribution in [0.3, 0.4) is 0 Å². The van der Waals surface area contributed by atoms with Gasteiger partial charge in [0, 0.05) is 13.1 Å². The monoisotopic (exact) mass is 347 g/mol. The molecule has 0 aliphatic rings. The number of nitrogens with zero attached hydrogens (tertiary/aromatic N) is 1. The molecule has 0 heterocycles. The van der Waals surface area contributed by atoms with E-state index in [1.165, 1.54) is 0 Å². The van der Waals surface area contributed by atoms with E-state index in [4.69, 9.17) is 0 Å². The summed E-state index contributed by atoms with van der Waals surface area (Å²) in [7, 11) is -1.61. The third-order valence-electron chi connectivity index (χ3n) is 6.20. The van der Waals surface area contributed by atoms with Crippen LogP contribution in [0.5, 0.6) is 0 Å². The van der Waals surface area contributed by atoms with Crippen molar-refractivity contribution in [2.24, 2.45) is 10.8 Å². The van der Waals surface area contributed by atoms with Crippen molar-refractivity contribution < 1.29 is 8.42 Å². The van der Waals surface area contributed by atoms with Crippen LogP contribution >= 0.6 is 0 Å². The maximum atomic E-state index is 13.6. The standard InChI is InChI=1S/C19H41NO2S/c1-11-18(9,12-2)19(13-3,14-4)23(21,22)20(10)16(5)15-17(6,7)8/h16H,11-15H2,1-10H3. The van der Waals surface area contributed by atoms with Gasteiger partial charge in [0.2, 0.25) is 10.0 Å². The molecule has 4 heteroatoms. The Bertz CT molecular complexity index is 454. The minimum Gasteiger partial charge on any atom is -0.212 e. The van der Waals surface area contributed by atoms with Crippen molar-refractivity contribution in [3.8, 4) is 0 Å². The SMILES string of the molecule is CCC(C)(CC)C(CC)(CC)S(=O)(=O)N(C)C(C)CC(C)(C)C. The van der Waals surface area contributed by atoms with Gasteiger partial charge in [-0.05, 0) is 49.9 Å². The van der Waals surface area contributed by atoms with Crippen LogP contribution in [0.2, 0.25) is 0 Å². The second kappa shape index (κ2) is 7.86. The number of rotatable bonds is 9. The van der Waals surface area contributed by atoms with Crippen LogP contribution in [0.25, 0.3) is 0 Å².